The highest BCUT2D eigenvalue weighted by atomic mass is 16.4. The van der Waals surface area contributed by atoms with Crippen LogP contribution in [0.5, 0.6) is 0 Å². The number of carboxylic acid groups (broad SMARTS) is 1. The molecule has 1 N–H and O–H groups in total. The SMILES string of the molecule is O=C(O)C(c1ccccc1)C1C2CC3CC(C2)CC1C3. The van der Waals surface area contributed by atoms with Crippen molar-refractivity contribution in [1.29, 1.82) is 0 Å². The van der Waals surface area contributed by atoms with E-state index in [1.807, 2.05) is 30.3 Å². The summed E-state index contributed by atoms with van der Waals surface area (Å²) in [5.74, 6) is 2.60. The largest absolute Gasteiger partial charge is 0.481 e. The first-order valence-electron chi connectivity index (χ1n) is 8.00. The number of rotatable bonds is 3. The van der Waals surface area contributed by atoms with Gasteiger partial charge in [-0.1, -0.05) is 30.3 Å². The lowest BCUT2D eigenvalue weighted by atomic mass is 9.49. The third-order valence-corrected chi connectivity index (χ3v) is 6.11. The summed E-state index contributed by atoms with van der Waals surface area (Å²) in [6.07, 6.45) is 6.56. The van der Waals surface area contributed by atoms with Crippen LogP contribution in [0.1, 0.15) is 43.6 Å². The lowest BCUT2D eigenvalue weighted by Gasteiger charge is -2.56. The Morgan fingerprint density at radius 1 is 0.950 bits per heavy atom. The molecule has 106 valence electrons. The van der Waals surface area contributed by atoms with Gasteiger partial charge in [0.1, 0.15) is 0 Å². The summed E-state index contributed by atoms with van der Waals surface area (Å²) in [4.78, 5) is 11.9. The lowest BCUT2D eigenvalue weighted by molar-refractivity contribution is -0.145. The Morgan fingerprint density at radius 3 is 2.00 bits per heavy atom. The van der Waals surface area contributed by atoms with Crippen molar-refractivity contribution >= 4 is 5.97 Å². The van der Waals surface area contributed by atoms with Crippen molar-refractivity contribution in [3.63, 3.8) is 0 Å². The second-order valence-electron chi connectivity index (χ2n) is 7.23. The number of aliphatic carboxylic acids is 1. The molecule has 4 bridgehead atoms. The maximum absolute atomic E-state index is 11.9. The first-order chi connectivity index (χ1) is 9.72. The van der Waals surface area contributed by atoms with Crippen LogP contribution in [0.4, 0.5) is 0 Å². The maximum Gasteiger partial charge on any atom is 0.311 e. The van der Waals surface area contributed by atoms with E-state index in [2.05, 4.69) is 0 Å². The molecule has 1 unspecified atom stereocenters. The summed E-state index contributed by atoms with van der Waals surface area (Å²) in [6, 6.07) is 9.93. The van der Waals surface area contributed by atoms with Gasteiger partial charge in [-0.05, 0) is 67.3 Å². The number of carboxylic acids is 1. The minimum Gasteiger partial charge on any atom is -0.481 e. The zero-order valence-electron chi connectivity index (χ0n) is 11.7. The van der Waals surface area contributed by atoms with Crippen LogP contribution >= 0.6 is 0 Å². The van der Waals surface area contributed by atoms with Crippen molar-refractivity contribution in [3.8, 4) is 0 Å². The summed E-state index contributed by atoms with van der Waals surface area (Å²) < 4.78 is 0. The zero-order valence-corrected chi connectivity index (χ0v) is 11.7. The molecule has 1 atom stereocenters. The molecule has 4 fully saturated rings. The Balaban J connectivity index is 1.69. The number of benzene rings is 1. The van der Waals surface area contributed by atoms with Crippen molar-refractivity contribution in [2.45, 2.75) is 38.0 Å². The first kappa shape index (κ1) is 12.4. The molecule has 5 rings (SSSR count). The van der Waals surface area contributed by atoms with Gasteiger partial charge in [0.25, 0.3) is 0 Å². The van der Waals surface area contributed by atoms with Crippen LogP contribution in [0.15, 0.2) is 30.3 Å². The summed E-state index contributed by atoms with van der Waals surface area (Å²) in [6.45, 7) is 0. The van der Waals surface area contributed by atoms with E-state index in [0.717, 1.165) is 17.4 Å². The summed E-state index contributed by atoms with van der Waals surface area (Å²) >= 11 is 0. The predicted molar refractivity (Wildman–Crippen MR) is 77.4 cm³/mol. The van der Waals surface area contributed by atoms with Crippen molar-refractivity contribution in [3.05, 3.63) is 35.9 Å². The fourth-order valence-corrected chi connectivity index (χ4v) is 5.70. The molecule has 1 aromatic rings. The van der Waals surface area contributed by atoms with Crippen LogP contribution in [-0.2, 0) is 4.79 Å². The molecule has 4 saturated carbocycles. The van der Waals surface area contributed by atoms with Gasteiger partial charge in [-0.2, -0.15) is 0 Å². The van der Waals surface area contributed by atoms with Gasteiger partial charge in [0.05, 0.1) is 5.92 Å². The number of carbonyl (C=O) groups is 1. The Labute approximate surface area is 120 Å². The topological polar surface area (TPSA) is 37.3 Å². The Hall–Kier alpha value is -1.31. The molecular formula is C18H22O2. The van der Waals surface area contributed by atoms with Gasteiger partial charge in [0.2, 0.25) is 0 Å². The molecule has 2 heteroatoms. The fraction of sp³-hybridized carbons (Fsp3) is 0.611. The maximum atomic E-state index is 11.9. The molecule has 0 aromatic heterocycles. The van der Waals surface area contributed by atoms with E-state index in [9.17, 15) is 9.90 Å². The van der Waals surface area contributed by atoms with Crippen LogP contribution in [-0.4, -0.2) is 11.1 Å². The van der Waals surface area contributed by atoms with Gasteiger partial charge >= 0.3 is 5.97 Å². The van der Waals surface area contributed by atoms with Gasteiger partial charge in [-0.15, -0.1) is 0 Å². The van der Waals surface area contributed by atoms with Gasteiger partial charge in [0, 0.05) is 0 Å². The van der Waals surface area contributed by atoms with Crippen molar-refractivity contribution < 1.29 is 9.90 Å². The molecule has 4 aliphatic carbocycles. The van der Waals surface area contributed by atoms with Crippen LogP contribution in [0.25, 0.3) is 0 Å². The van der Waals surface area contributed by atoms with E-state index in [1.165, 1.54) is 32.1 Å². The van der Waals surface area contributed by atoms with Gasteiger partial charge in [0.15, 0.2) is 0 Å². The molecule has 0 radical (unpaired) electrons. The first-order valence-corrected chi connectivity index (χ1v) is 8.00. The molecule has 0 amide bonds. The quantitative estimate of drug-likeness (QED) is 0.903. The van der Waals surface area contributed by atoms with Crippen molar-refractivity contribution in [2.24, 2.45) is 29.6 Å². The average molecular weight is 270 g/mol. The second kappa shape index (κ2) is 4.61. The van der Waals surface area contributed by atoms with Gasteiger partial charge in [-0.3, -0.25) is 4.79 Å². The van der Waals surface area contributed by atoms with Crippen LogP contribution < -0.4 is 0 Å². The summed E-state index contributed by atoms with van der Waals surface area (Å²) in [7, 11) is 0. The molecule has 0 aliphatic heterocycles. The van der Waals surface area contributed by atoms with E-state index < -0.39 is 5.97 Å². The van der Waals surface area contributed by atoms with Gasteiger partial charge in [-0.25, -0.2) is 0 Å². The predicted octanol–water partition coefficient (Wildman–Crippen LogP) is 3.93. The molecule has 2 nitrogen and oxygen atoms in total. The number of hydrogen-bond acceptors (Lipinski definition) is 1. The van der Waals surface area contributed by atoms with Crippen LogP contribution in [0.3, 0.4) is 0 Å². The standard InChI is InChI=1S/C18H22O2/c19-18(20)17(13-4-2-1-3-5-13)16-14-7-11-6-12(9-14)10-15(16)8-11/h1-5,11-12,14-17H,6-10H2,(H,19,20). The Bertz CT molecular complexity index is 479. The van der Waals surface area contributed by atoms with Crippen molar-refractivity contribution in [2.75, 3.05) is 0 Å². The van der Waals surface area contributed by atoms with E-state index >= 15 is 0 Å². The minimum absolute atomic E-state index is 0.286. The highest BCUT2D eigenvalue weighted by Crippen LogP contribution is 2.59. The van der Waals surface area contributed by atoms with E-state index in [0.29, 0.717) is 17.8 Å². The molecule has 0 heterocycles. The van der Waals surface area contributed by atoms with E-state index in [1.54, 1.807) is 0 Å². The summed E-state index contributed by atoms with van der Waals surface area (Å²) in [5, 5.41) is 9.81. The van der Waals surface area contributed by atoms with E-state index in [4.69, 9.17) is 0 Å². The van der Waals surface area contributed by atoms with Crippen molar-refractivity contribution in [1.82, 2.24) is 0 Å². The van der Waals surface area contributed by atoms with Gasteiger partial charge < -0.3 is 5.11 Å². The normalized spacial score (nSPS) is 39.7. The Kier molecular flexibility index (Phi) is 2.87. The average Bonchev–Trinajstić information content (AvgIpc) is 2.42. The highest BCUT2D eigenvalue weighted by Gasteiger charge is 2.52. The third kappa shape index (κ3) is 1.88. The molecular weight excluding hydrogens is 248 g/mol. The fourth-order valence-electron chi connectivity index (χ4n) is 5.70. The molecule has 20 heavy (non-hydrogen) atoms. The Morgan fingerprint density at radius 2 is 1.50 bits per heavy atom. The smallest absolute Gasteiger partial charge is 0.311 e. The lowest BCUT2D eigenvalue weighted by Crippen LogP contribution is -2.48. The third-order valence-electron chi connectivity index (χ3n) is 6.11. The van der Waals surface area contributed by atoms with Crippen LogP contribution in [0.2, 0.25) is 0 Å². The highest BCUT2D eigenvalue weighted by molar-refractivity contribution is 5.76. The van der Waals surface area contributed by atoms with E-state index in [-0.39, 0.29) is 5.92 Å². The zero-order chi connectivity index (χ0) is 13.7. The molecule has 0 spiro atoms. The van der Waals surface area contributed by atoms with Crippen LogP contribution in [0, 0.1) is 29.6 Å². The summed E-state index contributed by atoms with van der Waals surface area (Å²) in [5.41, 5.74) is 1.01. The monoisotopic (exact) mass is 270 g/mol. The second-order valence-corrected chi connectivity index (χ2v) is 7.23. The molecule has 1 aromatic carbocycles. The molecule has 0 saturated heterocycles. The molecule has 4 aliphatic rings. The minimum atomic E-state index is -0.617. The number of hydrogen-bond donors (Lipinski definition) is 1.